The van der Waals surface area contributed by atoms with Crippen LogP contribution in [0.25, 0.3) is 0 Å². The van der Waals surface area contributed by atoms with Gasteiger partial charge < -0.3 is 20.1 Å². The number of amides is 2. The number of nitrogens with one attached hydrogen (secondary N) is 2. The Morgan fingerprint density at radius 3 is 2.61 bits per heavy atom. The monoisotopic (exact) mass is 402 g/mol. The maximum absolute atomic E-state index is 12.5. The Labute approximate surface area is 161 Å². The number of carbonyl (C=O) groups excluding carboxylic acids is 2. The van der Waals surface area contributed by atoms with Crippen molar-refractivity contribution in [1.82, 2.24) is 5.32 Å². The van der Waals surface area contributed by atoms with Gasteiger partial charge in [-0.25, -0.2) is 4.79 Å². The molecule has 1 aromatic rings. The molecular weight excluding hydrogens is 377 g/mol. The fourth-order valence-electron chi connectivity index (χ4n) is 2.72. The van der Waals surface area contributed by atoms with Gasteiger partial charge in [-0.15, -0.1) is 0 Å². The topological polar surface area (TPSA) is 76.7 Å². The zero-order valence-electron chi connectivity index (χ0n) is 16.3. The van der Waals surface area contributed by atoms with E-state index in [1.807, 2.05) is 0 Å². The van der Waals surface area contributed by atoms with Crippen molar-refractivity contribution in [2.24, 2.45) is 0 Å². The molecule has 0 fully saturated rings. The van der Waals surface area contributed by atoms with Crippen LogP contribution in [-0.4, -0.2) is 29.9 Å². The second-order valence-corrected chi connectivity index (χ2v) is 7.71. The Bertz CT molecular complexity index is 729. The molecule has 1 unspecified atom stereocenters. The lowest BCUT2D eigenvalue weighted by molar-refractivity contribution is -0.135. The van der Waals surface area contributed by atoms with Gasteiger partial charge in [0.1, 0.15) is 11.4 Å². The highest BCUT2D eigenvalue weighted by atomic mass is 19.4. The molecule has 6 nitrogen and oxygen atoms in total. The van der Waals surface area contributed by atoms with Crippen LogP contribution in [0.5, 0.6) is 5.75 Å². The molecule has 2 N–H and O–H groups in total. The van der Waals surface area contributed by atoms with Gasteiger partial charge >= 0.3 is 12.3 Å². The van der Waals surface area contributed by atoms with Crippen LogP contribution in [0.1, 0.15) is 58.6 Å². The van der Waals surface area contributed by atoms with Gasteiger partial charge in [-0.05, 0) is 58.2 Å². The predicted molar refractivity (Wildman–Crippen MR) is 97.2 cm³/mol. The lowest BCUT2D eigenvalue weighted by Gasteiger charge is -2.27. The number of halogens is 3. The molecule has 0 aromatic heterocycles. The Morgan fingerprint density at radius 1 is 1.32 bits per heavy atom. The minimum Gasteiger partial charge on any atom is -0.479 e. The summed E-state index contributed by atoms with van der Waals surface area (Å²) in [5.41, 5.74) is 0.214. The van der Waals surface area contributed by atoms with E-state index in [0.717, 1.165) is 0 Å². The molecule has 1 aliphatic rings. The highest BCUT2D eigenvalue weighted by Gasteiger charge is 2.29. The van der Waals surface area contributed by atoms with Crippen molar-refractivity contribution < 1.29 is 32.2 Å². The second kappa shape index (κ2) is 8.28. The maximum atomic E-state index is 12.5. The van der Waals surface area contributed by atoms with E-state index in [1.165, 1.54) is 0 Å². The SMILES string of the molecule is C[C@H]1Oc2ccc(C(CCCC(F)(F)F)NC(=O)OC(C)(C)C)cc2NC1=O. The van der Waals surface area contributed by atoms with E-state index in [4.69, 9.17) is 9.47 Å². The summed E-state index contributed by atoms with van der Waals surface area (Å²) in [7, 11) is 0. The molecule has 28 heavy (non-hydrogen) atoms. The fourth-order valence-corrected chi connectivity index (χ4v) is 2.72. The first-order valence-electron chi connectivity index (χ1n) is 9.02. The van der Waals surface area contributed by atoms with E-state index in [-0.39, 0.29) is 18.7 Å². The van der Waals surface area contributed by atoms with Gasteiger partial charge in [0.2, 0.25) is 0 Å². The van der Waals surface area contributed by atoms with Gasteiger partial charge in [0.05, 0.1) is 11.7 Å². The highest BCUT2D eigenvalue weighted by molar-refractivity contribution is 5.97. The van der Waals surface area contributed by atoms with Crippen LogP contribution in [0.3, 0.4) is 0 Å². The molecule has 0 saturated carbocycles. The Morgan fingerprint density at radius 2 is 2.00 bits per heavy atom. The van der Waals surface area contributed by atoms with E-state index >= 15 is 0 Å². The number of alkyl halides is 3. The molecule has 1 aromatic carbocycles. The van der Waals surface area contributed by atoms with Crippen LogP contribution in [0.15, 0.2) is 18.2 Å². The number of benzene rings is 1. The zero-order chi connectivity index (χ0) is 21.1. The van der Waals surface area contributed by atoms with Crippen molar-refractivity contribution in [3.8, 4) is 5.75 Å². The fraction of sp³-hybridized carbons (Fsp3) is 0.579. The van der Waals surface area contributed by atoms with Gasteiger partial charge in [-0.3, -0.25) is 4.79 Å². The summed E-state index contributed by atoms with van der Waals surface area (Å²) in [6.45, 7) is 6.69. The molecule has 2 atom stereocenters. The molecule has 1 heterocycles. The van der Waals surface area contributed by atoms with Crippen molar-refractivity contribution in [2.75, 3.05) is 5.32 Å². The predicted octanol–water partition coefficient (Wildman–Crippen LogP) is 4.70. The van der Waals surface area contributed by atoms with E-state index in [0.29, 0.717) is 17.0 Å². The van der Waals surface area contributed by atoms with Gasteiger partial charge in [-0.1, -0.05) is 6.07 Å². The third kappa shape index (κ3) is 6.61. The number of carbonyl (C=O) groups is 2. The Kier molecular flexibility index (Phi) is 6.46. The van der Waals surface area contributed by atoms with Crippen LogP contribution in [0, 0.1) is 0 Å². The first-order chi connectivity index (χ1) is 12.8. The molecule has 2 amide bonds. The molecule has 0 radical (unpaired) electrons. The summed E-state index contributed by atoms with van der Waals surface area (Å²) in [5.74, 6) is 0.139. The van der Waals surface area contributed by atoms with Crippen molar-refractivity contribution in [1.29, 1.82) is 0 Å². The van der Waals surface area contributed by atoms with E-state index in [1.54, 1.807) is 45.9 Å². The smallest absolute Gasteiger partial charge is 0.408 e. The summed E-state index contributed by atoms with van der Waals surface area (Å²) in [4.78, 5) is 23.9. The molecule has 9 heteroatoms. The van der Waals surface area contributed by atoms with Crippen molar-refractivity contribution in [2.45, 2.75) is 70.9 Å². The summed E-state index contributed by atoms with van der Waals surface area (Å²) in [6, 6.07) is 4.15. The summed E-state index contributed by atoms with van der Waals surface area (Å²) in [5, 5.41) is 5.31. The van der Waals surface area contributed by atoms with Gasteiger partial charge in [0.25, 0.3) is 5.91 Å². The molecule has 0 aliphatic carbocycles. The Balaban J connectivity index is 2.19. The zero-order valence-corrected chi connectivity index (χ0v) is 16.3. The largest absolute Gasteiger partial charge is 0.479 e. The number of alkyl carbamates (subject to hydrolysis) is 1. The number of ether oxygens (including phenoxy) is 2. The maximum Gasteiger partial charge on any atom is 0.408 e. The first-order valence-corrected chi connectivity index (χ1v) is 9.02. The average Bonchev–Trinajstić information content (AvgIpc) is 2.51. The molecule has 1 aliphatic heterocycles. The minimum absolute atomic E-state index is 0.0583. The van der Waals surface area contributed by atoms with Gasteiger partial charge in [-0.2, -0.15) is 13.2 Å². The van der Waals surface area contributed by atoms with E-state index < -0.39 is 36.4 Å². The highest BCUT2D eigenvalue weighted by Crippen LogP contribution is 2.34. The lowest BCUT2D eigenvalue weighted by Crippen LogP contribution is -2.36. The van der Waals surface area contributed by atoms with Crippen molar-refractivity contribution >= 4 is 17.7 Å². The first kappa shape index (κ1) is 21.8. The molecule has 156 valence electrons. The quantitative estimate of drug-likeness (QED) is 0.748. The third-order valence-corrected chi connectivity index (χ3v) is 3.98. The number of rotatable bonds is 5. The van der Waals surface area contributed by atoms with E-state index in [9.17, 15) is 22.8 Å². The molecule has 0 bridgehead atoms. The van der Waals surface area contributed by atoms with Crippen LogP contribution < -0.4 is 15.4 Å². The van der Waals surface area contributed by atoms with Gasteiger partial charge in [0.15, 0.2) is 6.10 Å². The number of hydrogen-bond acceptors (Lipinski definition) is 4. The molecular formula is C19H25F3N2O4. The standard InChI is InChI=1S/C19H25F3N2O4/c1-11-16(25)23-14-10-12(7-8-15(14)27-11)13(6-5-9-19(20,21)22)24-17(26)28-18(2,3)4/h7-8,10-11,13H,5-6,9H2,1-4H3,(H,23,25)(H,24,26)/t11-,13?/m1/s1. The van der Waals surface area contributed by atoms with Gasteiger partial charge in [0, 0.05) is 6.42 Å². The minimum atomic E-state index is -4.27. The summed E-state index contributed by atoms with van der Waals surface area (Å²) in [6.07, 6.45) is -6.70. The van der Waals surface area contributed by atoms with Crippen LogP contribution in [0.4, 0.5) is 23.7 Å². The Hall–Kier alpha value is -2.45. The third-order valence-electron chi connectivity index (χ3n) is 3.98. The van der Waals surface area contributed by atoms with Crippen molar-refractivity contribution in [3.05, 3.63) is 23.8 Å². The normalized spacial score (nSPS) is 17.8. The van der Waals surface area contributed by atoms with E-state index in [2.05, 4.69) is 10.6 Å². The number of hydrogen-bond donors (Lipinski definition) is 2. The van der Waals surface area contributed by atoms with Crippen LogP contribution in [0.2, 0.25) is 0 Å². The number of fused-ring (bicyclic) bond motifs is 1. The second-order valence-electron chi connectivity index (χ2n) is 7.71. The molecule has 2 rings (SSSR count). The van der Waals surface area contributed by atoms with Crippen molar-refractivity contribution in [3.63, 3.8) is 0 Å². The average molecular weight is 402 g/mol. The molecule has 0 spiro atoms. The van der Waals surface area contributed by atoms with Crippen LogP contribution >= 0.6 is 0 Å². The summed E-state index contributed by atoms with van der Waals surface area (Å²) < 4.78 is 48.3. The van der Waals surface area contributed by atoms with Crippen LogP contribution in [-0.2, 0) is 9.53 Å². The molecule has 0 saturated heterocycles. The lowest BCUT2D eigenvalue weighted by atomic mass is 9.99. The summed E-state index contributed by atoms with van der Waals surface area (Å²) >= 11 is 0. The number of anilines is 1.